The number of hydrogen-bond acceptors (Lipinski definition) is 7. The van der Waals surface area contributed by atoms with E-state index in [0.717, 1.165) is 33.2 Å². The lowest BCUT2D eigenvalue weighted by atomic mass is 9.80. The van der Waals surface area contributed by atoms with Gasteiger partial charge in [0.2, 0.25) is 0 Å². The Hall–Kier alpha value is -16.9. The first-order valence-corrected chi connectivity index (χ1v) is 46.6. The summed E-state index contributed by atoms with van der Waals surface area (Å²) < 4.78 is 0. The Bertz CT molecular complexity index is 8180. The van der Waals surface area contributed by atoms with Crippen molar-refractivity contribution in [2.24, 2.45) is 0 Å². The molecule has 0 spiro atoms. The fourth-order valence-electron chi connectivity index (χ4n) is 23.0. The number of rotatable bonds is 9. The predicted octanol–water partition coefficient (Wildman–Crippen LogP) is 33.1. The minimum absolute atomic E-state index is 0.0804. The molecule has 7 heteroatoms. The van der Waals surface area contributed by atoms with E-state index in [1.54, 1.807) is 25.3 Å². The van der Waals surface area contributed by atoms with Crippen molar-refractivity contribution in [3.05, 3.63) is 466 Å². The summed E-state index contributed by atoms with van der Waals surface area (Å²) in [7, 11) is 0. The normalized spacial score (nSPS) is 13.3. The third-order valence-corrected chi connectivity index (χ3v) is 29.4. The highest BCUT2D eigenvalue weighted by atomic mass is 15.0. The third-order valence-electron chi connectivity index (χ3n) is 29.4. The second-order valence-electron chi connectivity index (χ2n) is 37.7. The summed E-state index contributed by atoms with van der Waals surface area (Å²) in [4.78, 5) is 31.2. The first-order chi connectivity index (χ1) is 66.3. The molecule has 636 valence electrons. The van der Waals surface area contributed by atoms with Crippen LogP contribution in [0.15, 0.2) is 432 Å². The van der Waals surface area contributed by atoms with Gasteiger partial charge in [-0.15, -0.1) is 0 Å². The number of benzene rings is 21. The van der Waals surface area contributed by atoms with Crippen molar-refractivity contribution in [2.45, 2.75) is 57.8 Å². The molecule has 3 heterocycles. The molecule has 27 rings (SSSR count). The van der Waals surface area contributed by atoms with Crippen molar-refractivity contribution >= 4 is 97.0 Å². The molecule has 21 aromatic carbocycles. The first kappa shape index (κ1) is 80.2. The van der Waals surface area contributed by atoms with Crippen LogP contribution in [0.5, 0.6) is 0 Å². The first-order valence-electron chi connectivity index (χ1n) is 46.6. The summed E-state index contributed by atoms with van der Waals surface area (Å²) in [5, 5.41) is 21.8. The van der Waals surface area contributed by atoms with Crippen LogP contribution in [0, 0.1) is 0 Å². The maximum absolute atomic E-state index is 4.75. The summed E-state index contributed by atoms with van der Waals surface area (Å²) in [6.07, 6.45) is 12.1. The van der Waals surface area contributed by atoms with E-state index in [2.05, 4.69) is 454 Å². The van der Waals surface area contributed by atoms with Crippen LogP contribution in [0.3, 0.4) is 0 Å². The zero-order valence-corrected chi connectivity index (χ0v) is 75.6. The summed E-state index contributed by atoms with van der Waals surface area (Å²) in [6.45, 7) is 14.1. The Morgan fingerprint density at radius 1 is 0.170 bits per heavy atom. The Balaban J connectivity index is 0.000000108. The van der Waals surface area contributed by atoms with Crippen molar-refractivity contribution in [1.29, 1.82) is 0 Å². The molecule has 0 atom stereocenters. The number of aromatic nitrogens is 7. The van der Waals surface area contributed by atoms with Crippen molar-refractivity contribution in [1.82, 2.24) is 34.9 Å². The van der Waals surface area contributed by atoms with Gasteiger partial charge in [0.1, 0.15) is 25.3 Å². The summed E-state index contributed by atoms with van der Waals surface area (Å²) in [5.74, 6) is 0.682. The third kappa shape index (κ3) is 13.0. The molecule has 0 N–H and O–H groups in total. The highest BCUT2D eigenvalue weighted by Gasteiger charge is 2.39. The summed E-state index contributed by atoms with van der Waals surface area (Å²) in [6, 6.07) is 143. The quantitative estimate of drug-likeness (QED) is 0.133. The number of nitrogens with zero attached hydrogens (tertiary/aromatic N) is 7. The largest absolute Gasteiger partial charge is 0.245 e. The van der Waals surface area contributed by atoms with Crippen molar-refractivity contribution in [3.8, 4) is 134 Å². The van der Waals surface area contributed by atoms with E-state index in [4.69, 9.17) is 4.98 Å². The highest BCUT2D eigenvalue weighted by molar-refractivity contribution is 6.26. The van der Waals surface area contributed by atoms with Crippen molar-refractivity contribution in [3.63, 3.8) is 0 Å². The predicted molar refractivity (Wildman–Crippen MR) is 563 cm³/mol. The number of hydrogen-bond donors (Lipinski definition) is 0. The molecule has 135 heavy (non-hydrogen) atoms. The van der Waals surface area contributed by atoms with E-state index in [1.165, 1.54) is 225 Å². The summed E-state index contributed by atoms with van der Waals surface area (Å²) >= 11 is 0. The minimum Gasteiger partial charge on any atom is -0.245 e. The fourth-order valence-corrected chi connectivity index (χ4v) is 23.0. The van der Waals surface area contributed by atoms with Gasteiger partial charge in [0.25, 0.3) is 0 Å². The van der Waals surface area contributed by atoms with Gasteiger partial charge in [0.05, 0.1) is 5.69 Å². The smallest absolute Gasteiger partial charge is 0.163 e. The van der Waals surface area contributed by atoms with E-state index in [1.807, 2.05) is 24.7 Å². The number of fused-ring (bicyclic) bond motifs is 18. The molecule has 0 saturated heterocycles. The van der Waals surface area contributed by atoms with E-state index in [9.17, 15) is 0 Å². The van der Waals surface area contributed by atoms with Crippen molar-refractivity contribution < 1.29 is 0 Å². The van der Waals surface area contributed by atoms with Gasteiger partial charge in [0, 0.05) is 57.1 Å². The molecule has 0 saturated carbocycles. The van der Waals surface area contributed by atoms with E-state index >= 15 is 0 Å². The highest BCUT2D eigenvalue weighted by Crippen LogP contribution is 2.57. The fraction of sp³-hybridized carbons (Fsp3) is 0.0703. The molecule has 3 aliphatic carbocycles. The minimum atomic E-state index is -0.0908. The Labute approximate surface area is 783 Å². The molecule has 0 amide bonds. The topological polar surface area (TPSA) is 90.2 Å². The molecule has 3 aliphatic rings. The van der Waals surface area contributed by atoms with Gasteiger partial charge in [-0.3, -0.25) is 0 Å². The molecule has 0 aliphatic heterocycles. The van der Waals surface area contributed by atoms with E-state index < -0.39 is 0 Å². The van der Waals surface area contributed by atoms with Gasteiger partial charge in [-0.05, 0) is 273 Å². The molecular formula is C128H89N7. The van der Waals surface area contributed by atoms with Gasteiger partial charge < -0.3 is 0 Å². The molecule has 0 bridgehead atoms. The molecule has 0 unspecified atom stereocenters. The lowest BCUT2D eigenvalue weighted by molar-refractivity contribution is 0.660. The second kappa shape index (κ2) is 31.7. The van der Waals surface area contributed by atoms with Gasteiger partial charge in [-0.25, -0.2) is 34.9 Å². The molecule has 3 aromatic heterocycles. The lowest BCUT2D eigenvalue weighted by Crippen LogP contribution is -2.14. The maximum atomic E-state index is 4.75. The van der Waals surface area contributed by atoms with E-state index in [0.29, 0.717) is 5.82 Å². The van der Waals surface area contributed by atoms with Crippen LogP contribution in [-0.4, -0.2) is 34.9 Å². The average molecular weight is 1730 g/mol. The Kier molecular flexibility index (Phi) is 18.9. The van der Waals surface area contributed by atoms with Crippen molar-refractivity contribution in [2.75, 3.05) is 0 Å². The van der Waals surface area contributed by atoms with E-state index in [-0.39, 0.29) is 16.2 Å². The maximum Gasteiger partial charge on any atom is 0.163 e. The van der Waals surface area contributed by atoms with Gasteiger partial charge in [-0.1, -0.05) is 387 Å². The Morgan fingerprint density at radius 3 is 0.830 bits per heavy atom. The van der Waals surface area contributed by atoms with Crippen LogP contribution in [0.1, 0.15) is 74.9 Å². The standard InChI is InChI=1S/2C43H30N2.C42H29N3/c1-43(2)39-17-8-7-13-33(39)34-20-19-29(23-40(34)43)41-35-14-5-6-15-36(35)42(30-24-44-26-45-25-30)37-21-18-28(22-38(37)41)32-16-9-11-27-10-3-4-12-31(27)32;1-43(2)38-17-8-7-13-32(38)33-20-19-29(25-39(33)43)41-34-14-5-6-15-35(34)42(40-22-23-44-26-45-40)36-21-18-28(24-37(36)41)31-16-9-11-27-10-3-4-12-30(27)31;1-42(2)37-17-8-7-13-31(37)32-20-19-28(23-38(32)42)39-33-14-5-6-15-34(33)40(41-44-24-43-25-45-41)35-21-18-27(22-36(35)39)30-16-9-11-26-10-3-4-12-29(26)30/h2*3-26H,1-2H3;3-25H,1-2H3. The SMILES string of the molecule is CC1(C)c2ccccc2-c2ccc(-c3c4ccccc4c(-c4ccncn4)c4ccc(-c5cccc6ccccc56)cc34)cc21.CC1(C)c2ccccc2-c2ccc(-c3c4ccccc4c(-c4cncnc4)c4ccc(-c5cccc6ccccc56)cc34)cc21.CC1(C)c2ccccc2-c2ccc(-c3c4ccccc4c(-c4ncncn4)c4ccc(-c5cccc6ccccc56)cc34)cc21. The van der Waals surface area contributed by atoms with Crippen LogP contribution in [-0.2, 0) is 16.2 Å². The molecule has 0 fully saturated rings. The van der Waals surface area contributed by atoms with Crippen LogP contribution >= 0.6 is 0 Å². The van der Waals surface area contributed by atoms with Gasteiger partial charge in [0.15, 0.2) is 5.82 Å². The molecule has 0 radical (unpaired) electrons. The zero-order valence-electron chi connectivity index (χ0n) is 75.6. The zero-order chi connectivity index (χ0) is 90.4. The molecule has 24 aromatic rings. The monoisotopic (exact) mass is 1720 g/mol. The van der Waals surface area contributed by atoms with Crippen LogP contribution in [0.4, 0.5) is 0 Å². The molecular weight excluding hydrogens is 1640 g/mol. The Morgan fingerprint density at radius 2 is 0.452 bits per heavy atom. The van der Waals surface area contributed by atoms with Crippen LogP contribution in [0.25, 0.3) is 231 Å². The molecule has 7 nitrogen and oxygen atoms in total. The lowest BCUT2D eigenvalue weighted by Gasteiger charge is -2.23. The van der Waals surface area contributed by atoms with Crippen LogP contribution < -0.4 is 0 Å². The van der Waals surface area contributed by atoms with Crippen LogP contribution in [0.2, 0.25) is 0 Å². The van der Waals surface area contributed by atoms with Gasteiger partial charge >= 0.3 is 0 Å². The second-order valence-corrected chi connectivity index (χ2v) is 37.7. The average Bonchev–Trinajstić information content (AvgIpc) is 1.67. The summed E-state index contributed by atoms with van der Waals surface area (Å²) in [5.41, 5.74) is 36.1. The van der Waals surface area contributed by atoms with Gasteiger partial charge in [-0.2, -0.15) is 0 Å².